The molecule has 0 saturated carbocycles. The van der Waals surface area contributed by atoms with Gasteiger partial charge in [-0.05, 0) is 62.0 Å². The maximum atomic E-state index is 13.0. The number of aliphatic carboxylic acids is 1. The minimum atomic E-state index is -1.13. The Balaban J connectivity index is 1.91. The molecular formula is C28H22O2S. The van der Waals surface area contributed by atoms with Crippen molar-refractivity contribution < 1.29 is 9.90 Å². The smallest absolute Gasteiger partial charge is 0.314 e. The van der Waals surface area contributed by atoms with Gasteiger partial charge >= 0.3 is 5.97 Å². The van der Waals surface area contributed by atoms with Crippen molar-refractivity contribution in [3.63, 3.8) is 0 Å². The van der Waals surface area contributed by atoms with Crippen molar-refractivity contribution in [3.8, 4) is 0 Å². The first-order chi connectivity index (χ1) is 15.1. The van der Waals surface area contributed by atoms with E-state index < -0.39 is 11.4 Å². The highest BCUT2D eigenvalue weighted by Gasteiger charge is 2.46. The maximum Gasteiger partial charge on any atom is 0.314 e. The zero-order valence-corrected chi connectivity index (χ0v) is 18.0. The largest absolute Gasteiger partial charge is 0.481 e. The monoisotopic (exact) mass is 422 g/mol. The molecule has 4 aromatic carbocycles. The Morgan fingerprint density at radius 3 is 1.77 bits per heavy atom. The summed E-state index contributed by atoms with van der Waals surface area (Å²) in [4.78, 5) is 13.0. The van der Waals surface area contributed by atoms with Crippen LogP contribution >= 0.6 is 11.3 Å². The van der Waals surface area contributed by atoms with E-state index in [0.717, 1.165) is 38.2 Å². The van der Waals surface area contributed by atoms with Crippen LogP contribution in [-0.2, 0) is 10.2 Å². The second-order valence-electron chi connectivity index (χ2n) is 8.09. The molecule has 0 amide bonds. The zero-order valence-electron chi connectivity index (χ0n) is 17.2. The first kappa shape index (κ1) is 19.5. The summed E-state index contributed by atoms with van der Waals surface area (Å²) >= 11 is 1.54. The fraction of sp³-hybridized carbons (Fsp3) is 0.107. The number of fused-ring (bicyclic) bond motifs is 2. The third-order valence-electron chi connectivity index (χ3n) is 6.41. The van der Waals surface area contributed by atoms with Gasteiger partial charge in [0.15, 0.2) is 0 Å². The molecule has 0 aliphatic carbocycles. The number of thiophene rings is 1. The molecule has 1 heterocycles. The average Bonchev–Trinajstić information content (AvgIpc) is 3.35. The quantitative estimate of drug-likeness (QED) is 0.324. The first-order valence-corrected chi connectivity index (χ1v) is 11.3. The van der Waals surface area contributed by atoms with Gasteiger partial charge in [-0.1, -0.05) is 84.9 Å². The van der Waals surface area contributed by atoms with Gasteiger partial charge in [0.1, 0.15) is 5.41 Å². The second kappa shape index (κ2) is 7.68. The van der Waals surface area contributed by atoms with Crippen molar-refractivity contribution >= 4 is 38.9 Å². The molecule has 5 aromatic rings. The molecule has 3 heteroatoms. The maximum absolute atomic E-state index is 13.0. The van der Waals surface area contributed by atoms with Crippen LogP contribution in [0.15, 0.2) is 102 Å². The van der Waals surface area contributed by atoms with Crippen LogP contribution in [0, 0.1) is 0 Å². The molecule has 152 valence electrons. The van der Waals surface area contributed by atoms with Gasteiger partial charge in [0.2, 0.25) is 0 Å². The minimum absolute atomic E-state index is 0.364. The van der Waals surface area contributed by atoms with Crippen molar-refractivity contribution in [1.82, 2.24) is 0 Å². The predicted molar refractivity (Wildman–Crippen MR) is 129 cm³/mol. The van der Waals surface area contributed by atoms with Gasteiger partial charge in [-0.3, -0.25) is 4.79 Å². The van der Waals surface area contributed by atoms with Gasteiger partial charge < -0.3 is 5.11 Å². The van der Waals surface area contributed by atoms with Crippen molar-refractivity contribution in [3.05, 3.63) is 118 Å². The molecule has 2 nitrogen and oxygen atoms in total. The molecule has 0 saturated heterocycles. The zero-order chi connectivity index (χ0) is 21.4. The van der Waals surface area contributed by atoms with Gasteiger partial charge in [-0.15, -0.1) is 0 Å². The summed E-state index contributed by atoms with van der Waals surface area (Å²) in [5.41, 5.74) is 1.76. The summed E-state index contributed by atoms with van der Waals surface area (Å²) in [5.74, 6) is -1.19. The van der Waals surface area contributed by atoms with Gasteiger partial charge in [-0.25, -0.2) is 0 Å². The molecule has 31 heavy (non-hydrogen) atoms. The third kappa shape index (κ3) is 3.13. The van der Waals surface area contributed by atoms with E-state index in [1.807, 2.05) is 60.1 Å². The van der Waals surface area contributed by atoms with Gasteiger partial charge in [-0.2, -0.15) is 11.3 Å². The number of carbonyl (C=O) groups is 1. The van der Waals surface area contributed by atoms with E-state index in [9.17, 15) is 9.90 Å². The lowest BCUT2D eigenvalue weighted by Gasteiger charge is -2.36. The van der Waals surface area contributed by atoms with Crippen molar-refractivity contribution in [1.29, 1.82) is 0 Å². The van der Waals surface area contributed by atoms with E-state index in [0.29, 0.717) is 0 Å². The lowest BCUT2D eigenvalue weighted by atomic mass is 9.65. The Bertz CT molecular complexity index is 1300. The Kier molecular flexibility index (Phi) is 4.84. The normalized spacial score (nSPS) is 13.5. The van der Waals surface area contributed by atoms with E-state index in [-0.39, 0.29) is 5.92 Å². The second-order valence-corrected chi connectivity index (χ2v) is 8.87. The molecule has 0 aliphatic heterocycles. The number of hydrogen-bond acceptors (Lipinski definition) is 2. The Morgan fingerprint density at radius 1 is 0.774 bits per heavy atom. The van der Waals surface area contributed by atoms with Crippen LogP contribution in [0.4, 0.5) is 0 Å². The highest BCUT2D eigenvalue weighted by Crippen LogP contribution is 2.48. The van der Waals surface area contributed by atoms with Crippen LogP contribution in [0.5, 0.6) is 0 Å². The Hall–Kier alpha value is -3.43. The average molecular weight is 423 g/mol. The van der Waals surface area contributed by atoms with Crippen LogP contribution in [0.3, 0.4) is 0 Å². The third-order valence-corrected chi connectivity index (χ3v) is 7.09. The van der Waals surface area contributed by atoms with Crippen LogP contribution in [-0.4, -0.2) is 11.1 Å². The number of hydrogen-bond donors (Lipinski definition) is 1. The summed E-state index contributed by atoms with van der Waals surface area (Å²) in [5, 5.41) is 19.0. The fourth-order valence-corrected chi connectivity index (χ4v) is 5.54. The van der Waals surface area contributed by atoms with E-state index in [1.165, 1.54) is 11.3 Å². The number of carboxylic acid groups (broad SMARTS) is 1. The number of rotatable bonds is 5. The Labute approximate surface area is 185 Å². The molecule has 0 radical (unpaired) electrons. The molecule has 1 atom stereocenters. The highest BCUT2D eigenvalue weighted by molar-refractivity contribution is 7.08. The van der Waals surface area contributed by atoms with Crippen LogP contribution < -0.4 is 0 Å². The fourth-order valence-electron chi connectivity index (χ4n) is 4.77. The summed E-state index contributed by atoms with van der Waals surface area (Å²) in [6, 6.07) is 30.8. The lowest BCUT2D eigenvalue weighted by molar-refractivity contribution is -0.143. The molecule has 5 rings (SSSR count). The summed E-state index contributed by atoms with van der Waals surface area (Å²) in [6.07, 6.45) is 0. The van der Waals surface area contributed by atoms with Crippen molar-refractivity contribution in [2.75, 3.05) is 0 Å². The topological polar surface area (TPSA) is 37.3 Å². The van der Waals surface area contributed by atoms with Gasteiger partial charge in [0, 0.05) is 5.92 Å². The van der Waals surface area contributed by atoms with E-state index in [1.54, 1.807) is 0 Å². The molecule has 0 fully saturated rings. The first-order valence-electron chi connectivity index (χ1n) is 10.3. The van der Waals surface area contributed by atoms with Crippen molar-refractivity contribution in [2.24, 2.45) is 0 Å². The molecule has 1 aromatic heterocycles. The molecule has 0 spiro atoms. The summed E-state index contributed by atoms with van der Waals surface area (Å²) in [7, 11) is 0. The number of carboxylic acids is 1. The van der Waals surface area contributed by atoms with Gasteiger partial charge in [0.25, 0.3) is 0 Å². The minimum Gasteiger partial charge on any atom is -0.481 e. The molecule has 1 N–H and O–H groups in total. The van der Waals surface area contributed by atoms with E-state index in [4.69, 9.17) is 0 Å². The number of benzene rings is 4. The predicted octanol–water partition coefficient (Wildman–Crippen LogP) is 7.23. The molecule has 1 unspecified atom stereocenters. The van der Waals surface area contributed by atoms with Crippen LogP contribution in [0.2, 0.25) is 0 Å². The van der Waals surface area contributed by atoms with Gasteiger partial charge in [0.05, 0.1) is 0 Å². The van der Waals surface area contributed by atoms with Crippen LogP contribution in [0.1, 0.15) is 29.5 Å². The molecule has 0 bridgehead atoms. The van der Waals surface area contributed by atoms with Crippen molar-refractivity contribution in [2.45, 2.75) is 18.3 Å². The van der Waals surface area contributed by atoms with E-state index in [2.05, 4.69) is 48.5 Å². The highest BCUT2D eigenvalue weighted by atomic mass is 32.1. The van der Waals surface area contributed by atoms with E-state index >= 15 is 0 Å². The lowest BCUT2D eigenvalue weighted by Crippen LogP contribution is -2.39. The SMILES string of the molecule is CC(C(=O)O)(c1ccsc1)C(c1cccc2ccccc12)c1cccc2ccccc12. The summed E-state index contributed by atoms with van der Waals surface area (Å²) < 4.78 is 0. The molecule has 0 aliphatic rings. The van der Waals surface area contributed by atoms with Crippen LogP contribution in [0.25, 0.3) is 21.5 Å². The Morgan fingerprint density at radius 2 is 1.29 bits per heavy atom. The standard InChI is InChI=1S/C28H22O2S/c1-28(27(29)30,21-16-17-31-18-21)26(24-14-6-10-19-8-2-4-12-22(19)24)25-15-7-11-20-9-3-5-13-23(20)25/h2-18,26H,1H3,(H,29,30). The summed E-state index contributed by atoms with van der Waals surface area (Å²) in [6.45, 7) is 1.87. The molecular weight excluding hydrogens is 400 g/mol.